The van der Waals surface area contributed by atoms with Crippen molar-refractivity contribution in [2.45, 2.75) is 26.3 Å². The average molecular weight is 161 g/mol. The fourth-order valence-electron chi connectivity index (χ4n) is 0.494. The van der Waals surface area contributed by atoms with Crippen LogP contribution in [-0.2, 0) is 4.79 Å². The molecule has 10 heavy (non-hydrogen) atoms. The molecule has 0 saturated heterocycles. The van der Waals surface area contributed by atoms with Crippen LogP contribution in [0.3, 0.4) is 0 Å². The quantitative estimate of drug-likeness (QED) is 0.588. The monoisotopic (exact) mass is 161 g/mol. The molecule has 0 aliphatic rings. The van der Waals surface area contributed by atoms with E-state index in [1.165, 1.54) is 6.92 Å². The first-order valence-electron chi connectivity index (χ1n) is 2.88. The van der Waals surface area contributed by atoms with Gasteiger partial charge in [-0.2, -0.15) is 0 Å². The summed E-state index contributed by atoms with van der Waals surface area (Å²) in [6.45, 7) is 4.65. The van der Waals surface area contributed by atoms with Crippen molar-refractivity contribution in [1.29, 1.82) is 0 Å². The lowest BCUT2D eigenvalue weighted by Crippen LogP contribution is -2.48. The Bertz CT molecular complexity index is 165. The Kier molecular flexibility index (Phi) is 2.77. The number of hydrogen-bond acceptors (Lipinski definition) is 2. The summed E-state index contributed by atoms with van der Waals surface area (Å²) in [5, 5.41) is 11.1. The summed E-state index contributed by atoms with van der Waals surface area (Å²) in [5.41, 5.74) is -0.791. The average Bonchev–Trinajstić information content (AvgIpc) is 1.60. The highest BCUT2D eigenvalue weighted by Gasteiger charge is 2.23. The van der Waals surface area contributed by atoms with Crippen molar-refractivity contribution in [3.05, 3.63) is 0 Å². The Morgan fingerprint density at radius 2 is 2.00 bits per heavy atom. The molecule has 0 rings (SSSR count). The number of aliphatic hydroxyl groups is 1. The van der Waals surface area contributed by atoms with Crippen molar-refractivity contribution < 1.29 is 9.90 Å². The molecule has 0 saturated carbocycles. The van der Waals surface area contributed by atoms with Crippen LogP contribution in [-0.4, -0.2) is 21.6 Å². The zero-order chi connectivity index (χ0) is 8.36. The van der Waals surface area contributed by atoms with E-state index < -0.39 is 5.54 Å². The normalized spacial score (nSPS) is 10.7. The van der Waals surface area contributed by atoms with Crippen LogP contribution in [0.15, 0.2) is 0 Å². The highest BCUT2D eigenvalue weighted by Crippen LogP contribution is 2.02. The minimum absolute atomic E-state index is 0.206. The number of thiocarbonyl (C=S) groups is 1. The minimum atomic E-state index is -0.791. The van der Waals surface area contributed by atoms with Gasteiger partial charge in [-0.15, -0.1) is 0 Å². The van der Waals surface area contributed by atoms with Crippen molar-refractivity contribution in [1.82, 2.24) is 5.32 Å². The van der Waals surface area contributed by atoms with E-state index in [2.05, 4.69) is 17.5 Å². The molecule has 0 bridgehead atoms. The van der Waals surface area contributed by atoms with E-state index in [4.69, 9.17) is 5.11 Å². The lowest BCUT2D eigenvalue weighted by molar-refractivity contribution is -0.119. The van der Waals surface area contributed by atoms with Gasteiger partial charge < -0.3 is 10.4 Å². The van der Waals surface area contributed by atoms with Crippen LogP contribution in [0.5, 0.6) is 0 Å². The van der Waals surface area contributed by atoms with Crippen molar-refractivity contribution in [3.8, 4) is 0 Å². The zero-order valence-electron chi connectivity index (χ0n) is 6.26. The lowest BCUT2D eigenvalue weighted by atomic mass is 10.1. The SMILES string of the molecule is CC(=O)NC(C)(C)C(O)=S. The molecular weight excluding hydrogens is 150 g/mol. The standard InChI is InChI=1S/C6H11NO2S/c1-4(8)7-6(2,3)5(9)10/h1-3H3,(H,7,8)(H,9,10). The topological polar surface area (TPSA) is 49.3 Å². The summed E-state index contributed by atoms with van der Waals surface area (Å²) in [5.74, 6) is -0.207. The highest BCUT2D eigenvalue weighted by molar-refractivity contribution is 7.80. The number of carbonyl (C=O) groups excluding carboxylic acids is 1. The second kappa shape index (κ2) is 2.96. The van der Waals surface area contributed by atoms with Crippen LogP contribution in [0.4, 0.5) is 0 Å². The van der Waals surface area contributed by atoms with Crippen LogP contribution < -0.4 is 5.32 Å². The van der Waals surface area contributed by atoms with Gasteiger partial charge in [0.05, 0.1) is 0 Å². The molecule has 0 unspecified atom stereocenters. The molecule has 0 aromatic carbocycles. The Balaban J connectivity index is 4.13. The summed E-state index contributed by atoms with van der Waals surface area (Å²) >= 11 is 4.49. The molecule has 0 spiro atoms. The number of carbonyl (C=O) groups is 1. The number of hydrogen-bond donors (Lipinski definition) is 2. The van der Waals surface area contributed by atoms with Gasteiger partial charge >= 0.3 is 0 Å². The van der Waals surface area contributed by atoms with Gasteiger partial charge in [0.2, 0.25) is 5.91 Å². The van der Waals surface area contributed by atoms with Gasteiger partial charge in [-0.05, 0) is 26.1 Å². The molecule has 58 valence electrons. The van der Waals surface area contributed by atoms with E-state index in [-0.39, 0.29) is 11.0 Å². The van der Waals surface area contributed by atoms with Crippen molar-refractivity contribution in [3.63, 3.8) is 0 Å². The van der Waals surface area contributed by atoms with E-state index in [9.17, 15) is 4.79 Å². The molecule has 0 radical (unpaired) electrons. The van der Waals surface area contributed by atoms with E-state index in [1.54, 1.807) is 13.8 Å². The van der Waals surface area contributed by atoms with Gasteiger partial charge in [0.25, 0.3) is 0 Å². The van der Waals surface area contributed by atoms with Crippen molar-refractivity contribution in [2.24, 2.45) is 0 Å². The molecule has 0 aromatic rings. The molecule has 0 heterocycles. The first-order valence-corrected chi connectivity index (χ1v) is 3.29. The molecule has 0 aliphatic carbocycles. The fraction of sp³-hybridized carbons (Fsp3) is 0.667. The van der Waals surface area contributed by atoms with E-state index >= 15 is 0 Å². The van der Waals surface area contributed by atoms with Gasteiger partial charge in [-0.3, -0.25) is 4.79 Å². The summed E-state index contributed by atoms with van der Waals surface area (Å²) in [6.07, 6.45) is 0. The Morgan fingerprint density at radius 1 is 1.60 bits per heavy atom. The third-order valence-electron chi connectivity index (χ3n) is 1.02. The van der Waals surface area contributed by atoms with Crippen molar-refractivity contribution in [2.75, 3.05) is 0 Å². The summed E-state index contributed by atoms with van der Waals surface area (Å²) in [7, 11) is 0. The molecule has 0 aliphatic heterocycles. The fourth-order valence-corrected chi connectivity index (χ4v) is 0.545. The summed E-state index contributed by atoms with van der Waals surface area (Å²) in [4.78, 5) is 10.5. The maximum atomic E-state index is 10.5. The molecule has 4 heteroatoms. The lowest BCUT2D eigenvalue weighted by Gasteiger charge is -2.22. The van der Waals surface area contributed by atoms with Gasteiger partial charge in [0, 0.05) is 6.92 Å². The Labute approximate surface area is 65.4 Å². The van der Waals surface area contributed by atoms with E-state index in [1.807, 2.05) is 0 Å². The molecule has 1 amide bonds. The zero-order valence-corrected chi connectivity index (χ0v) is 7.08. The number of rotatable bonds is 2. The molecular formula is C6H11NO2S. The maximum Gasteiger partial charge on any atom is 0.217 e. The Hall–Kier alpha value is -0.640. The highest BCUT2D eigenvalue weighted by atomic mass is 32.1. The molecule has 0 aromatic heterocycles. The van der Waals surface area contributed by atoms with Crippen molar-refractivity contribution >= 4 is 23.2 Å². The third kappa shape index (κ3) is 2.77. The first kappa shape index (κ1) is 9.36. The smallest absolute Gasteiger partial charge is 0.217 e. The van der Waals surface area contributed by atoms with Crippen LogP contribution in [0, 0.1) is 0 Å². The van der Waals surface area contributed by atoms with Gasteiger partial charge in [0.1, 0.15) is 5.54 Å². The van der Waals surface area contributed by atoms with Gasteiger partial charge in [-0.25, -0.2) is 0 Å². The van der Waals surface area contributed by atoms with Crippen LogP contribution in [0.25, 0.3) is 0 Å². The Morgan fingerprint density at radius 3 is 2.10 bits per heavy atom. The van der Waals surface area contributed by atoms with Gasteiger partial charge in [0.15, 0.2) is 5.05 Å². The summed E-state index contributed by atoms with van der Waals surface area (Å²) in [6, 6.07) is 0. The van der Waals surface area contributed by atoms with E-state index in [0.29, 0.717) is 0 Å². The molecule has 0 atom stereocenters. The predicted molar refractivity (Wildman–Crippen MR) is 43.1 cm³/mol. The second-order valence-electron chi connectivity index (χ2n) is 2.61. The van der Waals surface area contributed by atoms with E-state index in [0.717, 1.165) is 0 Å². The summed E-state index contributed by atoms with van der Waals surface area (Å²) < 4.78 is 0. The number of amides is 1. The van der Waals surface area contributed by atoms with Crippen LogP contribution in [0.1, 0.15) is 20.8 Å². The number of aliphatic hydroxyl groups excluding tert-OH is 1. The minimum Gasteiger partial charge on any atom is -0.500 e. The third-order valence-corrected chi connectivity index (χ3v) is 1.53. The predicted octanol–water partition coefficient (Wildman–Crippen LogP) is 0.787. The molecule has 0 fully saturated rings. The number of nitrogens with one attached hydrogen (secondary N) is 1. The van der Waals surface area contributed by atoms with Crippen LogP contribution >= 0.6 is 12.2 Å². The maximum absolute atomic E-state index is 10.5. The first-order chi connectivity index (χ1) is 4.36. The second-order valence-corrected chi connectivity index (χ2v) is 3.00. The molecule has 2 N–H and O–H groups in total. The largest absolute Gasteiger partial charge is 0.500 e. The molecule has 3 nitrogen and oxygen atoms in total. The van der Waals surface area contributed by atoms with Gasteiger partial charge in [-0.1, -0.05) is 0 Å². The van der Waals surface area contributed by atoms with Crippen LogP contribution in [0.2, 0.25) is 0 Å².